The highest BCUT2D eigenvalue weighted by molar-refractivity contribution is 6.74. The van der Waals surface area contributed by atoms with Gasteiger partial charge in [-0.25, -0.2) is 0 Å². The summed E-state index contributed by atoms with van der Waals surface area (Å²) in [6, 6.07) is 27.1. The van der Waals surface area contributed by atoms with Crippen LogP contribution in [-0.4, -0.2) is 25.0 Å². The Morgan fingerprint density at radius 2 is 1.02 bits per heavy atom. The molecule has 2 fully saturated rings. The molecule has 2 heterocycles. The molecule has 41 heavy (non-hydrogen) atoms. The van der Waals surface area contributed by atoms with Crippen molar-refractivity contribution in [3.05, 3.63) is 78.4 Å². The number of anilines is 3. The second-order valence-corrected chi connectivity index (χ2v) is 14.7. The zero-order valence-electron chi connectivity index (χ0n) is 26.9. The van der Waals surface area contributed by atoms with Gasteiger partial charge >= 0.3 is 7.12 Å². The molecule has 0 spiro atoms. The highest BCUT2D eigenvalue weighted by Gasteiger charge is 2.51. The highest BCUT2D eigenvalue weighted by Crippen LogP contribution is 2.52. The standard InChI is InChI=1S/C36H49B2NO2/c1-10-11-12-27-13-19-30(20-14-27)39(31-21-15-28(16-22-31)37-25-33(2,3)34(4,5)26-37)32-23-17-29(18-24-32)38-40-35(6,7)36(8,9)41-38/h13-24H,10-12,25-26H2,1-9H3. The van der Waals surface area contributed by atoms with Crippen LogP contribution in [0.2, 0.25) is 12.6 Å². The van der Waals surface area contributed by atoms with Crippen LogP contribution in [0.4, 0.5) is 17.1 Å². The first-order chi connectivity index (χ1) is 19.2. The Balaban J connectivity index is 1.45. The van der Waals surface area contributed by atoms with Crippen LogP contribution in [0.5, 0.6) is 0 Å². The average Bonchev–Trinajstić information content (AvgIpc) is 3.28. The summed E-state index contributed by atoms with van der Waals surface area (Å²) in [6.45, 7) is 21.0. The number of hydrogen-bond acceptors (Lipinski definition) is 3. The molecule has 5 rings (SSSR count). The molecule has 0 radical (unpaired) electrons. The van der Waals surface area contributed by atoms with Crippen LogP contribution in [0.3, 0.4) is 0 Å². The summed E-state index contributed by atoms with van der Waals surface area (Å²) >= 11 is 0. The first-order valence-electron chi connectivity index (χ1n) is 15.7. The summed E-state index contributed by atoms with van der Waals surface area (Å²) in [5, 5.41) is 0. The number of unbranched alkanes of at least 4 members (excludes halogenated alkanes) is 1. The van der Waals surface area contributed by atoms with E-state index in [0.29, 0.717) is 17.5 Å². The Morgan fingerprint density at radius 1 is 0.610 bits per heavy atom. The number of aryl methyl sites for hydroxylation is 1. The molecule has 3 aromatic carbocycles. The highest BCUT2D eigenvalue weighted by atomic mass is 16.7. The monoisotopic (exact) mass is 549 g/mol. The molecular weight excluding hydrogens is 500 g/mol. The predicted molar refractivity (Wildman–Crippen MR) is 178 cm³/mol. The minimum atomic E-state index is -0.362. The summed E-state index contributed by atoms with van der Waals surface area (Å²) in [6.07, 6.45) is 6.04. The third kappa shape index (κ3) is 5.90. The van der Waals surface area contributed by atoms with Crippen molar-refractivity contribution in [1.29, 1.82) is 0 Å². The Morgan fingerprint density at radius 3 is 1.46 bits per heavy atom. The van der Waals surface area contributed by atoms with E-state index in [-0.39, 0.29) is 18.3 Å². The van der Waals surface area contributed by atoms with Crippen molar-refractivity contribution in [3.63, 3.8) is 0 Å². The van der Waals surface area contributed by atoms with E-state index in [4.69, 9.17) is 9.31 Å². The van der Waals surface area contributed by atoms with Gasteiger partial charge in [-0.15, -0.1) is 0 Å². The lowest BCUT2D eigenvalue weighted by Crippen LogP contribution is -2.41. The van der Waals surface area contributed by atoms with Crippen LogP contribution >= 0.6 is 0 Å². The molecule has 2 aliphatic heterocycles. The van der Waals surface area contributed by atoms with Gasteiger partial charge < -0.3 is 14.2 Å². The molecule has 0 aromatic heterocycles. The van der Waals surface area contributed by atoms with Crippen LogP contribution < -0.4 is 15.8 Å². The normalized spacial score (nSPS) is 20.4. The van der Waals surface area contributed by atoms with Crippen molar-refractivity contribution >= 4 is 41.8 Å². The quantitative estimate of drug-likeness (QED) is 0.263. The minimum absolute atomic E-state index is 0.348. The Bertz CT molecular complexity index is 1220. The van der Waals surface area contributed by atoms with E-state index >= 15 is 0 Å². The van der Waals surface area contributed by atoms with Crippen LogP contribution in [0.15, 0.2) is 72.8 Å². The number of nitrogens with zero attached hydrogens (tertiary/aromatic N) is 1. The lowest BCUT2D eigenvalue weighted by Gasteiger charge is -2.35. The molecule has 0 aliphatic carbocycles. The summed E-state index contributed by atoms with van der Waals surface area (Å²) in [4.78, 5) is 2.37. The molecule has 0 atom stereocenters. The summed E-state index contributed by atoms with van der Waals surface area (Å²) < 4.78 is 12.6. The lowest BCUT2D eigenvalue weighted by molar-refractivity contribution is 0.00578. The number of benzene rings is 3. The van der Waals surface area contributed by atoms with E-state index in [1.165, 1.54) is 47.9 Å². The average molecular weight is 549 g/mol. The van der Waals surface area contributed by atoms with Gasteiger partial charge in [0.1, 0.15) is 0 Å². The smallest absolute Gasteiger partial charge is 0.399 e. The van der Waals surface area contributed by atoms with Crippen LogP contribution in [0.1, 0.15) is 80.7 Å². The van der Waals surface area contributed by atoms with Gasteiger partial charge in [0.15, 0.2) is 6.71 Å². The maximum atomic E-state index is 6.32. The van der Waals surface area contributed by atoms with Gasteiger partial charge in [-0.2, -0.15) is 0 Å². The molecule has 2 aliphatic rings. The van der Waals surface area contributed by atoms with Crippen molar-refractivity contribution in [1.82, 2.24) is 0 Å². The van der Waals surface area contributed by atoms with E-state index in [9.17, 15) is 0 Å². The van der Waals surface area contributed by atoms with E-state index in [2.05, 4.69) is 140 Å². The molecule has 3 nitrogen and oxygen atoms in total. The largest absolute Gasteiger partial charge is 0.494 e. The molecule has 0 amide bonds. The Labute approximate surface area is 250 Å². The molecule has 0 bridgehead atoms. The summed E-state index contributed by atoms with van der Waals surface area (Å²) in [7, 11) is -0.362. The van der Waals surface area contributed by atoms with Crippen molar-refractivity contribution in [2.24, 2.45) is 10.8 Å². The van der Waals surface area contributed by atoms with Crippen LogP contribution in [-0.2, 0) is 15.7 Å². The number of hydrogen-bond donors (Lipinski definition) is 0. The van der Waals surface area contributed by atoms with Crippen molar-refractivity contribution in [3.8, 4) is 0 Å². The van der Waals surface area contributed by atoms with Crippen molar-refractivity contribution in [2.45, 2.75) is 105 Å². The fourth-order valence-electron chi connectivity index (χ4n) is 6.39. The SMILES string of the molecule is CCCCc1ccc(N(c2ccc(B3CC(C)(C)C(C)(C)C3)cc2)c2ccc(B3OC(C)(C)C(C)(C)O3)cc2)cc1. The first-order valence-corrected chi connectivity index (χ1v) is 15.7. The molecule has 0 unspecified atom stereocenters. The van der Waals surface area contributed by atoms with E-state index < -0.39 is 0 Å². The molecule has 0 saturated carbocycles. The van der Waals surface area contributed by atoms with Gasteiger partial charge in [0.05, 0.1) is 11.2 Å². The lowest BCUT2D eigenvalue weighted by atomic mass is 9.42. The van der Waals surface area contributed by atoms with Crippen molar-refractivity contribution < 1.29 is 9.31 Å². The Hall–Kier alpha value is -2.49. The van der Waals surface area contributed by atoms with E-state index in [0.717, 1.165) is 17.6 Å². The second kappa shape index (κ2) is 11.0. The number of rotatable bonds is 8. The fraction of sp³-hybridized carbons (Fsp3) is 0.500. The zero-order valence-corrected chi connectivity index (χ0v) is 26.9. The van der Waals surface area contributed by atoms with Gasteiger partial charge in [0, 0.05) is 17.1 Å². The van der Waals surface area contributed by atoms with Crippen LogP contribution in [0.25, 0.3) is 0 Å². The maximum absolute atomic E-state index is 6.32. The molecular formula is C36H49B2NO2. The van der Waals surface area contributed by atoms with Gasteiger partial charge in [-0.3, -0.25) is 0 Å². The third-order valence-electron chi connectivity index (χ3n) is 10.7. The topological polar surface area (TPSA) is 21.7 Å². The van der Waals surface area contributed by atoms with E-state index in [1.807, 2.05) is 0 Å². The molecule has 5 heteroatoms. The summed E-state index contributed by atoms with van der Waals surface area (Å²) in [5.41, 5.74) is 7.36. The van der Waals surface area contributed by atoms with Gasteiger partial charge in [-0.05, 0) is 98.8 Å². The van der Waals surface area contributed by atoms with Crippen LogP contribution in [0, 0.1) is 10.8 Å². The third-order valence-corrected chi connectivity index (χ3v) is 10.7. The zero-order chi connectivity index (χ0) is 29.6. The van der Waals surface area contributed by atoms with E-state index in [1.54, 1.807) is 0 Å². The molecule has 0 N–H and O–H groups in total. The summed E-state index contributed by atoms with van der Waals surface area (Å²) in [5.74, 6) is 0. The fourth-order valence-corrected chi connectivity index (χ4v) is 6.39. The predicted octanol–water partition coefficient (Wildman–Crippen LogP) is 8.57. The maximum Gasteiger partial charge on any atom is 0.494 e. The molecule has 216 valence electrons. The van der Waals surface area contributed by atoms with Gasteiger partial charge in [0.25, 0.3) is 0 Å². The molecule has 3 aromatic rings. The first kappa shape index (κ1) is 30.0. The molecule has 2 saturated heterocycles. The van der Waals surface area contributed by atoms with Crippen molar-refractivity contribution in [2.75, 3.05) is 4.90 Å². The van der Waals surface area contributed by atoms with Gasteiger partial charge in [0.2, 0.25) is 0 Å². The van der Waals surface area contributed by atoms with Gasteiger partial charge in [-0.1, -0.05) is 95.5 Å². The Kier molecular flexibility index (Phi) is 8.02. The second-order valence-electron chi connectivity index (χ2n) is 14.7. The minimum Gasteiger partial charge on any atom is -0.399 e.